The first-order valence-corrected chi connectivity index (χ1v) is 10.8. The average Bonchev–Trinajstić information content (AvgIpc) is 3.28. The lowest BCUT2D eigenvalue weighted by molar-refractivity contribution is -0.137. The van der Waals surface area contributed by atoms with Gasteiger partial charge in [-0.3, -0.25) is 0 Å². The van der Waals surface area contributed by atoms with E-state index in [4.69, 9.17) is 4.84 Å². The van der Waals surface area contributed by atoms with E-state index in [0.29, 0.717) is 6.42 Å². The highest BCUT2D eigenvalue weighted by Gasteiger charge is 2.31. The van der Waals surface area contributed by atoms with E-state index in [0.717, 1.165) is 34.5 Å². The molecule has 1 aliphatic rings. The monoisotopic (exact) mass is 467 g/mol. The normalized spacial score (nSPS) is 15.4. The molecule has 0 fully saturated rings. The van der Waals surface area contributed by atoms with Crippen molar-refractivity contribution in [3.63, 3.8) is 0 Å². The lowest BCUT2D eigenvalue weighted by Gasteiger charge is -2.25. The van der Waals surface area contributed by atoms with E-state index in [2.05, 4.69) is 10.5 Å². The van der Waals surface area contributed by atoms with E-state index in [-0.39, 0.29) is 24.9 Å². The maximum Gasteiger partial charge on any atom is 0.416 e. The molecule has 1 N–H and O–H groups in total. The van der Waals surface area contributed by atoms with Crippen molar-refractivity contribution < 1.29 is 22.8 Å². The number of benzene rings is 3. The highest BCUT2D eigenvalue weighted by atomic mass is 19.4. The predicted molar refractivity (Wildman–Crippen MR) is 125 cm³/mol. The minimum absolute atomic E-state index is 0.0711. The van der Waals surface area contributed by atoms with Gasteiger partial charge in [0.15, 0.2) is 6.10 Å². The molecule has 0 bridgehead atoms. The topological polar surface area (TPSA) is 53.9 Å². The first kappa shape index (κ1) is 23.4. The lowest BCUT2D eigenvalue weighted by atomic mass is 10.0. The van der Waals surface area contributed by atoms with Crippen molar-refractivity contribution in [1.29, 1.82) is 0 Å². The Morgan fingerprint density at radius 2 is 1.79 bits per heavy atom. The second kappa shape index (κ2) is 9.99. The van der Waals surface area contributed by atoms with Crippen LogP contribution in [0.4, 0.5) is 23.7 Å². The van der Waals surface area contributed by atoms with Gasteiger partial charge in [-0.15, -0.1) is 0 Å². The Labute approximate surface area is 195 Å². The van der Waals surface area contributed by atoms with Crippen LogP contribution in [0.2, 0.25) is 0 Å². The summed E-state index contributed by atoms with van der Waals surface area (Å²) in [6.07, 6.45) is -4.34. The minimum atomic E-state index is -4.49. The van der Waals surface area contributed by atoms with Crippen LogP contribution >= 0.6 is 0 Å². The zero-order valence-electron chi connectivity index (χ0n) is 18.5. The number of alkyl halides is 3. The molecule has 3 aromatic rings. The zero-order chi connectivity index (χ0) is 24.1. The number of anilines is 1. The minimum Gasteiger partial charge on any atom is -0.390 e. The number of amides is 2. The number of hydrogen-bond acceptors (Lipinski definition) is 3. The van der Waals surface area contributed by atoms with Crippen LogP contribution in [-0.2, 0) is 17.6 Å². The molecular formula is C26H24F3N3O2. The third-order valence-corrected chi connectivity index (χ3v) is 5.49. The number of carbonyl (C=O) groups excluding carboxylic acids is 1. The highest BCUT2D eigenvalue weighted by Crippen LogP contribution is 2.30. The number of rotatable bonds is 6. The molecule has 1 unspecified atom stereocenters. The molecule has 1 heterocycles. The molecule has 0 aromatic heterocycles. The summed E-state index contributed by atoms with van der Waals surface area (Å²) in [6.45, 7) is 2.49. The van der Waals surface area contributed by atoms with E-state index < -0.39 is 17.8 Å². The third kappa shape index (κ3) is 5.95. The Morgan fingerprint density at radius 3 is 2.50 bits per heavy atom. The second-order valence-corrected chi connectivity index (χ2v) is 8.21. The Hall–Kier alpha value is -3.81. The van der Waals surface area contributed by atoms with E-state index in [9.17, 15) is 18.0 Å². The van der Waals surface area contributed by atoms with E-state index in [1.807, 2.05) is 61.5 Å². The van der Waals surface area contributed by atoms with Crippen molar-refractivity contribution in [2.75, 3.05) is 11.9 Å². The molecule has 0 radical (unpaired) electrons. The number of carbonyl (C=O) groups is 1. The van der Waals surface area contributed by atoms with Crippen LogP contribution < -0.4 is 5.32 Å². The standard InChI is InChI=1S/C26H24F3N3O2/c1-18-10-12-20(13-11-18)24-15-23(34-31-24)17-32(16-19-6-3-2-4-7-19)25(33)30-22-9-5-8-21(14-22)26(27,28)29/h2-14,23H,15-17H2,1H3,(H,30,33). The van der Waals surface area contributed by atoms with Gasteiger partial charge in [0, 0.05) is 18.7 Å². The predicted octanol–water partition coefficient (Wildman–Crippen LogP) is 6.24. The quantitative estimate of drug-likeness (QED) is 0.467. The van der Waals surface area contributed by atoms with Gasteiger partial charge >= 0.3 is 12.2 Å². The third-order valence-electron chi connectivity index (χ3n) is 5.49. The molecular weight excluding hydrogens is 443 g/mol. The van der Waals surface area contributed by atoms with Gasteiger partial charge in [-0.2, -0.15) is 13.2 Å². The summed E-state index contributed by atoms with van der Waals surface area (Å²) in [5, 5.41) is 6.78. The number of aryl methyl sites for hydroxylation is 1. The van der Waals surface area contributed by atoms with Gasteiger partial charge < -0.3 is 15.1 Å². The van der Waals surface area contributed by atoms with E-state index >= 15 is 0 Å². The molecule has 176 valence electrons. The number of nitrogens with zero attached hydrogens (tertiary/aromatic N) is 2. The fourth-order valence-corrected chi connectivity index (χ4v) is 3.69. The summed E-state index contributed by atoms with van der Waals surface area (Å²) < 4.78 is 39.2. The maximum absolute atomic E-state index is 13.1. The van der Waals surface area contributed by atoms with Crippen LogP contribution in [-0.4, -0.2) is 29.3 Å². The number of halogens is 3. The van der Waals surface area contributed by atoms with Crippen molar-refractivity contribution in [1.82, 2.24) is 4.90 Å². The number of nitrogens with one attached hydrogen (secondary N) is 1. The number of urea groups is 1. The van der Waals surface area contributed by atoms with Gasteiger partial charge in [0.1, 0.15) is 0 Å². The summed E-state index contributed by atoms with van der Waals surface area (Å²) in [7, 11) is 0. The van der Waals surface area contributed by atoms with Gasteiger partial charge in [-0.1, -0.05) is 71.4 Å². The smallest absolute Gasteiger partial charge is 0.390 e. The fraction of sp³-hybridized carbons (Fsp3) is 0.231. The molecule has 1 atom stereocenters. The van der Waals surface area contributed by atoms with Crippen LogP contribution in [0.15, 0.2) is 84.0 Å². The Balaban J connectivity index is 1.47. The van der Waals surface area contributed by atoms with Gasteiger partial charge in [0.25, 0.3) is 0 Å². The molecule has 34 heavy (non-hydrogen) atoms. The van der Waals surface area contributed by atoms with Crippen molar-refractivity contribution >= 4 is 17.4 Å². The van der Waals surface area contributed by atoms with Crippen molar-refractivity contribution in [2.45, 2.75) is 32.2 Å². The number of oxime groups is 1. The maximum atomic E-state index is 13.1. The van der Waals surface area contributed by atoms with Crippen LogP contribution in [0.25, 0.3) is 0 Å². The SMILES string of the molecule is Cc1ccc(C2=NOC(CN(Cc3ccccc3)C(=O)Nc3cccc(C(F)(F)F)c3)C2)cc1. The number of hydrogen-bond donors (Lipinski definition) is 1. The molecule has 0 spiro atoms. The molecule has 0 saturated carbocycles. The molecule has 5 nitrogen and oxygen atoms in total. The Bertz CT molecular complexity index is 1160. The zero-order valence-corrected chi connectivity index (χ0v) is 18.5. The Kier molecular flexibility index (Phi) is 6.86. The first-order chi connectivity index (χ1) is 16.3. The molecule has 0 saturated heterocycles. The molecule has 8 heteroatoms. The summed E-state index contributed by atoms with van der Waals surface area (Å²) in [5.41, 5.74) is 3.02. The second-order valence-electron chi connectivity index (χ2n) is 8.21. The van der Waals surface area contributed by atoms with E-state index in [1.54, 1.807) is 0 Å². The van der Waals surface area contributed by atoms with E-state index in [1.165, 1.54) is 17.0 Å². The van der Waals surface area contributed by atoms with Crippen LogP contribution in [0.5, 0.6) is 0 Å². The van der Waals surface area contributed by atoms with Crippen LogP contribution in [0.1, 0.15) is 28.7 Å². The molecule has 2 amide bonds. The summed E-state index contributed by atoms with van der Waals surface area (Å²) >= 11 is 0. The van der Waals surface area contributed by atoms with Crippen LogP contribution in [0, 0.1) is 6.92 Å². The summed E-state index contributed by atoms with van der Waals surface area (Å²) in [6, 6.07) is 21.4. The molecule has 1 aliphatic heterocycles. The summed E-state index contributed by atoms with van der Waals surface area (Å²) in [4.78, 5) is 20.2. The van der Waals surface area contributed by atoms with Gasteiger partial charge in [-0.05, 0) is 36.2 Å². The van der Waals surface area contributed by atoms with Crippen LogP contribution in [0.3, 0.4) is 0 Å². The first-order valence-electron chi connectivity index (χ1n) is 10.8. The van der Waals surface area contributed by atoms with Crippen molar-refractivity contribution in [3.8, 4) is 0 Å². The van der Waals surface area contributed by atoms with Crippen molar-refractivity contribution in [2.24, 2.45) is 5.16 Å². The van der Waals surface area contributed by atoms with Gasteiger partial charge in [0.05, 0.1) is 17.8 Å². The molecule has 0 aliphatic carbocycles. The molecule has 4 rings (SSSR count). The van der Waals surface area contributed by atoms with Gasteiger partial charge in [-0.25, -0.2) is 4.79 Å². The molecule has 3 aromatic carbocycles. The average molecular weight is 467 g/mol. The Morgan fingerprint density at radius 1 is 1.06 bits per heavy atom. The van der Waals surface area contributed by atoms with Gasteiger partial charge in [0.2, 0.25) is 0 Å². The largest absolute Gasteiger partial charge is 0.416 e. The lowest BCUT2D eigenvalue weighted by Crippen LogP contribution is -2.40. The highest BCUT2D eigenvalue weighted by molar-refractivity contribution is 6.01. The summed E-state index contributed by atoms with van der Waals surface area (Å²) in [5.74, 6) is 0. The fourth-order valence-electron chi connectivity index (χ4n) is 3.69. The van der Waals surface area contributed by atoms with Crippen molar-refractivity contribution in [3.05, 3.63) is 101 Å².